The maximum Gasteiger partial charge on any atom is 0.410 e. The number of aromatic nitrogens is 4. The van der Waals surface area contributed by atoms with Crippen molar-refractivity contribution in [2.24, 2.45) is 0 Å². The molecule has 0 saturated carbocycles. The SMILES string of the molecule is CC(C)(C)[Si](C)(C)OC[C@H]1O[C@@H](n2cnc3c(NC(=O)O)ncnc32)C[C@@H]1O[Si](C)(C)C(C)(C)C. The third-order valence-electron chi connectivity index (χ3n) is 7.74. The number of hydrogen-bond donors (Lipinski definition) is 2. The van der Waals surface area contributed by atoms with Crippen molar-refractivity contribution in [3.63, 3.8) is 0 Å². The molecule has 3 atom stereocenters. The Hall–Kier alpha value is -1.87. The number of nitrogens with zero attached hydrogens (tertiary/aromatic N) is 4. The number of amides is 1. The monoisotopic (exact) mass is 523 g/mol. The maximum atomic E-state index is 11.1. The minimum Gasteiger partial charge on any atom is -0.465 e. The predicted molar refractivity (Wildman–Crippen MR) is 141 cm³/mol. The molecule has 3 rings (SSSR count). The number of ether oxygens (including phenoxy) is 1. The zero-order chi connectivity index (χ0) is 26.4. The normalized spacial score (nSPS) is 22.1. The van der Waals surface area contributed by atoms with Gasteiger partial charge in [-0.25, -0.2) is 19.7 Å². The van der Waals surface area contributed by atoms with Crippen LogP contribution in [0.5, 0.6) is 0 Å². The van der Waals surface area contributed by atoms with E-state index in [-0.39, 0.29) is 34.3 Å². The molecule has 1 aliphatic rings. The van der Waals surface area contributed by atoms with Gasteiger partial charge in [0, 0.05) is 6.42 Å². The topological polar surface area (TPSA) is 121 Å². The van der Waals surface area contributed by atoms with Crippen molar-refractivity contribution in [3.8, 4) is 0 Å². The number of anilines is 1. The first-order valence-corrected chi connectivity index (χ1v) is 17.9. The smallest absolute Gasteiger partial charge is 0.410 e. The molecular weight excluding hydrogens is 482 g/mol. The molecule has 1 aliphatic heterocycles. The number of carbonyl (C=O) groups is 1. The first-order chi connectivity index (χ1) is 15.9. The van der Waals surface area contributed by atoms with Crippen molar-refractivity contribution in [1.29, 1.82) is 0 Å². The molecule has 196 valence electrons. The van der Waals surface area contributed by atoms with Gasteiger partial charge in [0.25, 0.3) is 0 Å². The summed E-state index contributed by atoms with van der Waals surface area (Å²) in [7, 11) is -4.05. The van der Waals surface area contributed by atoms with Crippen LogP contribution in [0.1, 0.15) is 54.2 Å². The van der Waals surface area contributed by atoms with E-state index in [1.807, 2.05) is 4.57 Å². The van der Waals surface area contributed by atoms with Crippen LogP contribution in [-0.2, 0) is 13.6 Å². The van der Waals surface area contributed by atoms with Crippen LogP contribution >= 0.6 is 0 Å². The number of rotatable bonds is 7. The number of nitrogens with one attached hydrogen (secondary N) is 1. The van der Waals surface area contributed by atoms with Crippen molar-refractivity contribution in [2.75, 3.05) is 11.9 Å². The van der Waals surface area contributed by atoms with Gasteiger partial charge in [-0.2, -0.15) is 0 Å². The van der Waals surface area contributed by atoms with Crippen molar-refractivity contribution >= 4 is 39.7 Å². The van der Waals surface area contributed by atoms with Gasteiger partial charge in [-0.05, 0) is 36.3 Å². The summed E-state index contributed by atoms with van der Waals surface area (Å²) < 4.78 is 21.8. The zero-order valence-corrected chi connectivity index (χ0v) is 24.7. The van der Waals surface area contributed by atoms with Gasteiger partial charge in [0.2, 0.25) is 0 Å². The maximum absolute atomic E-state index is 11.1. The highest BCUT2D eigenvalue weighted by atomic mass is 28.4. The lowest BCUT2D eigenvalue weighted by Crippen LogP contribution is -2.48. The number of carboxylic acid groups (broad SMARTS) is 1. The number of imidazole rings is 1. The van der Waals surface area contributed by atoms with Crippen LogP contribution in [0.3, 0.4) is 0 Å². The highest BCUT2D eigenvalue weighted by Crippen LogP contribution is 2.43. The third kappa shape index (κ3) is 5.93. The minimum absolute atomic E-state index is 0.0578. The molecule has 0 aliphatic carbocycles. The molecule has 1 amide bonds. The van der Waals surface area contributed by atoms with Gasteiger partial charge >= 0.3 is 6.09 Å². The van der Waals surface area contributed by atoms with E-state index in [1.165, 1.54) is 6.33 Å². The van der Waals surface area contributed by atoms with Crippen LogP contribution in [0, 0.1) is 0 Å². The second kappa shape index (κ2) is 9.54. The molecule has 12 heteroatoms. The highest BCUT2D eigenvalue weighted by Gasteiger charge is 2.46. The molecule has 0 radical (unpaired) electrons. The molecule has 35 heavy (non-hydrogen) atoms. The van der Waals surface area contributed by atoms with Crippen molar-refractivity contribution in [2.45, 2.75) is 103 Å². The first kappa shape index (κ1) is 27.7. The van der Waals surface area contributed by atoms with Gasteiger partial charge in [0.15, 0.2) is 33.6 Å². The van der Waals surface area contributed by atoms with Crippen LogP contribution in [0.2, 0.25) is 36.3 Å². The number of fused-ring (bicyclic) bond motifs is 1. The Bertz CT molecular complexity index is 1060. The molecule has 10 nitrogen and oxygen atoms in total. The largest absolute Gasteiger partial charge is 0.465 e. The molecule has 2 aromatic rings. The van der Waals surface area contributed by atoms with Crippen LogP contribution in [0.25, 0.3) is 11.2 Å². The van der Waals surface area contributed by atoms with Gasteiger partial charge in [0.05, 0.1) is 19.0 Å². The van der Waals surface area contributed by atoms with Crippen LogP contribution in [-0.4, -0.2) is 66.2 Å². The Morgan fingerprint density at radius 3 is 2.31 bits per heavy atom. The summed E-state index contributed by atoms with van der Waals surface area (Å²) >= 11 is 0. The first-order valence-electron chi connectivity index (χ1n) is 12.1. The lowest BCUT2D eigenvalue weighted by atomic mass is 10.2. The molecule has 0 unspecified atom stereocenters. The van der Waals surface area contributed by atoms with E-state index < -0.39 is 22.7 Å². The van der Waals surface area contributed by atoms with E-state index in [1.54, 1.807) is 6.33 Å². The van der Waals surface area contributed by atoms with Crippen molar-refractivity contribution in [1.82, 2.24) is 19.5 Å². The Morgan fingerprint density at radius 1 is 1.11 bits per heavy atom. The van der Waals surface area contributed by atoms with Gasteiger partial charge in [-0.3, -0.25) is 9.88 Å². The van der Waals surface area contributed by atoms with Crippen molar-refractivity contribution < 1.29 is 23.5 Å². The standard InChI is InChI=1S/C23H41N5O5Si2/c1-22(2,3)34(7,8)31-12-16-15(33-35(9,10)23(4,5)6)11-17(32-16)28-14-26-18-19(27-21(29)30)24-13-25-20(18)28/h13-17H,11-12H2,1-10H3,(H,29,30)(H,24,25,27)/t15-,16+,17+/m0/s1. The van der Waals surface area contributed by atoms with Crippen LogP contribution in [0.15, 0.2) is 12.7 Å². The Kier molecular flexibility index (Phi) is 7.56. The molecule has 3 heterocycles. The summed E-state index contributed by atoms with van der Waals surface area (Å²) in [5.74, 6) is 0.145. The van der Waals surface area contributed by atoms with E-state index in [9.17, 15) is 4.79 Å². The summed E-state index contributed by atoms with van der Waals surface area (Å²) in [4.78, 5) is 23.9. The molecule has 0 bridgehead atoms. The summed E-state index contributed by atoms with van der Waals surface area (Å²) in [5, 5.41) is 11.5. The second-order valence-electron chi connectivity index (χ2n) is 12.3. The molecule has 0 spiro atoms. The van der Waals surface area contributed by atoms with Crippen LogP contribution in [0.4, 0.5) is 10.6 Å². The van der Waals surface area contributed by atoms with Crippen LogP contribution < -0.4 is 5.32 Å². The lowest BCUT2D eigenvalue weighted by Gasteiger charge is -2.40. The van der Waals surface area contributed by atoms with Gasteiger partial charge in [-0.15, -0.1) is 0 Å². The summed E-state index contributed by atoms with van der Waals surface area (Å²) in [5.41, 5.74) is 0.882. The quantitative estimate of drug-likeness (QED) is 0.449. The van der Waals surface area contributed by atoms with E-state index in [2.05, 4.69) is 88.0 Å². The average Bonchev–Trinajstić information content (AvgIpc) is 3.28. The summed E-state index contributed by atoms with van der Waals surface area (Å²) in [6.45, 7) is 22.8. The third-order valence-corrected chi connectivity index (χ3v) is 16.7. The van der Waals surface area contributed by atoms with E-state index in [0.29, 0.717) is 24.2 Å². The summed E-state index contributed by atoms with van der Waals surface area (Å²) in [6.07, 6.45) is 1.62. The van der Waals surface area contributed by atoms with E-state index in [4.69, 9.17) is 18.7 Å². The fraction of sp³-hybridized carbons (Fsp3) is 0.739. The zero-order valence-electron chi connectivity index (χ0n) is 22.7. The van der Waals surface area contributed by atoms with Gasteiger partial charge in [-0.1, -0.05) is 41.5 Å². The fourth-order valence-electron chi connectivity index (χ4n) is 3.46. The molecule has 1 saturated heterocycles. The lowest BCUT2D eigenvalue weighted by molar-refractivity contribution is -0.0383. The molecular formula is C23H41N5O5Si2. The van der Waals surface area contributed by atoms with Gasteiger partial charge < -0.3 is 18.7 Å². The highest BCUT2D eigenvalue weighted by molar-refractivity contribution is 6.74. The van der Waals surface area contributed by atoms with Crippen molar-refractivity contribution in [3.05, 3.63) is 12.7 Å². The number of hydrogen-bond acceptors (Lipinski definition) is 7. The second-order valence-corrected chi connectivity index (χ2v) is 21.9. The van der Waals surface area contributed by atoms with Gasteiger partial charge in [0.1, 0.15) is 18.7 Å². The summed E-state index contributed by atoms with van der Waals surface area (Å²) in [6, 6.07) is 0. The molecule has 0 aromatic carbocycles. The molecule has 1 fully saturated rings. The molecule has 2 N–H and O–H groups in total. The Balaban J connectivity index is 1.90. The Morgan fingerprint density at radius 2 is 1.74 bits per heavy atom. The Labute approximate surface area is 210 Å². The fourth-order valence-corrected chi connectivity index (χ4v) is 5.84. The van der Waals surface area contributed by atoms with E-state index in [0.717, 1.165) is 0 Å². The predicted octanol–water partition coefficient (Wildman–Crippen LogP) is 5.62. The minimum atomic E-state index is -2.07. The van der Waals surface area contributed by atoms with E-state index >= 15 is 0 Å². The average molecular weight is 524 g/mol. The molecule has 2 aromatic heterocycles.